The van der Waals surface area contributed by atoms with Gasteiger partial charge in [0.1, 0.15) is 0 Å². The summed E-state index contributed by atoms with van der Waals surface area (Å²) in [7, 11) is 0. The maximum Gasteiger partial charge on any atom is -0.0189 e. The molecule has 0 saturated heterocycles. The molecule has 2 bridgehead atoms. The maximum atomic E-state index is 2.46. The van der Waals surface area contributed by atoms with E-state index in [4.69, 9.17) is 0 Å². The molecule has 0 amide bonds. The van der Waals surface area contributed by atoms with E-state index in [9.17, 15) is 0 Å². The average Bonchev–Trinajstić information content (AvgIpc) is 2.45. The van der Waals surface area contributed by atoms with E-state index in [1.165, 1.54) is 36.8 Å². The highest BCUT2D eigenvalue weighted by molar-refractivity contribution is 5.46. The van der Waals surface area contributed by atoms with Gasteiger partial charge in [0.05, 0.1) is 0 Å². The summed E-state index contributed by atoms with van der Waals surface area (Å²) in [5.74, 6) is 3.48. The molecule has 122 valence electrons. The van der Waals surface area contributed by atoms with Crippen LogP contribution in [-0.4, -0.2) is 0 Å². The summed E-state index contributed by atoms with van der Waals surface area (Å²) in [6.07, 6.45) is 14.7. The molecule has 0 heterocycles. The minimum atomic E-state index is 0.760. The first-order chi connectivity index (χ1) is 10.5. The van der Waals surface area contributed by atoms with Crippen LogP contribution in [0.2, 0.25) is 0 Å². The van der Waals surface area contributed by atoms with Crippen molar-refractivity contribution in [3.8, 4) is 0 Å². The van der Waals surface area contributed by atoms with Crippen LogP contribution >= 0.6 is 0 Å². The van der Waals surface area contributed by atoms with Crippen molar-refractivity contribution in [2.75, 3.05) is 0 Å². The molecule has 0 N–H and O–H groups in total. The molecule has 4 unspecified atom stereocenters. The Balaban J connectivity index is 2.42. The summed E-state index contributed by atoms with van der Waals surface area (Å²) in [5, 5.41) is 0. The van der Waals surface area contributed by atoms with Crippen LogP contribution < -0.4 is 0 Å². The molecule has 22 heavy (non-hydrogen) atoms. The molecule has 0 aromatic carbocycles. The minimum Gasteiger partial charge on any atom is -0.0871 e. The normalized spacial score (nSPS) is 35.9. The van der Waals surface area contributed by atoms with E-state index < -0.39 is 0 Å². The van der Waals surface area contributed by atoms with Gasteiger partial charge >= 0.3 is 0 Å². The van der Waals surface area contributed by atoms with Gasteiger partial charge in [-0.3, -0.25) is 0 Å². The summed E-state index contributed by atoms with van der Waals surface area (Å²) < 4.78 is 0. The van der Waals surface area contributed by atoms with Crippen molar-refractivity contribution in [1.29, 1.82) is 0 Å². The first-order valence-corrected chi connectivity index (χ1v) is 9.14. The van der Waals surface area contributed by atoms with Gasteiger partial charge in [-0.05, 0) is 88.2 Å². The van der Waals surface area contributed by atoms with Gasteiger partial charge in [0, 0.05) is 0 Å². The first-order valence-electron chi connectivity index (χ1n) is 9.14. The van der Waals surface area contributed by atoms with Crippen LogP contribution in [0.5, 0.6) is 0 Å². The van der Waals surface area contributed by atoms with Crippen LogP contribution in [0.25, 0.3) is 0 Å². The summed E-state index contributed by atoms with van der Waals surface area (Å²) in [5.41, 5.74) is 6.07. The summed E-state index contributed by atoms with van der Waals surface area (Å²) in [6.45, 7) is 13.7. The van der Waals surface area contributed by atoms with E-state index in [-0.39, 0.29) is 0 Å². The van der Waals surface area contributed by atoms with Crippen molar-refractivity contribution in [1.82, 2.24) is 0 Å². The van der Waals surface area contributed by atoms with Crippen LogP contribution in [-0.2, 0) is 0 Å². The summed E-state index contributed by atoms with van der Waals surface area (Å²) >= 11 is 0. The predicted molar refractivity (Wildman–Crippen MR) is 98.8 cm³/mol. The third-order valence-electron chi connectivity index (χ3n) is 5.75. The molecular weight excluding hydrogens is 264 g/mol. The van der Waals surface area contributed by atoms with Gasteiger partial charge in [0.25, 0.3) is 0 Å². The lowest BCUT2D eigenvalue weighted by molar-refractivity contribution is 0.161. The molecule has 2 fully saturated rings. The number of allylic oxidation sites excluding steroid dienone is 8. The third-order valence-corrected chi connectivity index (χ3v) is 5.75. The van der Waals surface area contributed by atoms with Crippen molar-refractivity contribution in [3.63, 3.8) is 0 Å². The Kier molecular flexibility index (Phi) is 5.89. The number of hydrogen-bond acceptors (Lipinski definition) is 0. The lowest BCUT2D eigenvalue weighted by Gasteiger charge is -2.44. The lowest BCUT2D eigenvalue weighted by atomic mass is 9.62. The number of fused-ring (bicyclic) bond motifs is 2. The molecule has 2 aliphatic rings. The zero-order valence-corrected chi connectivity index (χ0v) is 15.4. The molecule has 0 heteroatoms. The van der Waals surface area contributed by atoms with Gasteiger partial charge in [-0.1, -0.05) is 49.3 Å². The Labute approximate surface area is 138 Å². The fraction of sp³-hybridized carbons (Fsp3) is 0.636. The Morgan fingerprint density at radius 1 is 1.00 bits per heavy atom. The molecule has 2 rings (SSSR count). The highest BCUT2D eigenvalue weighted by Crippen LogP contribution is 2.49. The van der Waals surface area contributed by atoms with Crippen LogP contribution in [0.1, 0.15) is 67.2 Å². The fourth-order valence-corrected chi connectivity index (χ4v) is 4.85. The Hall–Kier alpha value is -1.04. The largest absolute Gasteiger partial charge is 0.0871 e. The Morgan fingerprint density at radius 3 is 2.36 bits per heavy atom. The van der Waals surface area contributed by atoms with E-state index in [2.05, 4.69) is 65.8 Å². The Morgan fingerprint density at radius 2 is 1.73 bits per heavy atom. The fourth-order valence-electron chi connectivity index (χ4n) is 4.85. The summed E-state index contributed by atoms with van der Waals surface area (Å²) in [6, 6.07) is 0. The summed E-state index contributed by atoms with van der Waals surface area (Å²) in [4.78, 5) is 0. The molecular formula is C22H34. The quantitative estimate of drug-likeness (QED) is 0.499. The van der Waals surface area contributed by atoms with Crippen molar-refractivity contribution >= 4 is 0 Å². The van der Waals surface area contributed by atoms with Gasteiger partial charge < -0.3 is 0 Å². The van der Waals surface area contributed by atoms with Gasteiger partial charge in [0.15, 0.2) is 0 Å². The molecule has 2 saturated carbocycles. The van der Waals surface area contributed by atoms with Gasteiger partial charge in [-0.2, -0.15) is 0 Å². The highest BCUT2D eigenvalue weighted by atomic mass is 14.4. The molecule has 0 aromatic heterocycles. The van der Waals surface area contributed by atoms with Crippen LogP contribution in [0.15, 0.2) is 46.6 Å². The second-order valence-electron chi connectivity index (χ2n) is 7.72. The standard InChI is InChI=1S/C22H34/c1-7-9-20(11-15(3)8-2)18(6)22-17(5)13-19-10-16(4)12-21(22)14-19/h7-9,11,16-17,19,21H,10,12-14H2,1-6H3/b9-7-,15-8-,20-11+,22-18+. The topological polar surface area (TPSA) is 0 Å². The van der Waals surface area contributed by atoms with Crippen LogP contribution in [0.4, 0.5) is 0 Å². The smallest absolute Gasteiger partial charge is 0.0189 e. The maximum absolute atomic E-state index is 2.46. The van der Waals surface area contributed by atoms with E-state index in [0.29, 0.717) is 0 Å². The first kappa shape index (κ1) is 17.3. The second kappa shape index (κ2) is 7.49. The molecule has 0 aromatic rings. The minimum absolute atomic E-state index is 0.760. The SMILES string of the molecule is C\C=C/C(=C\C(C)=C/C)C(/C)=C1\C(C)CC2CC(C)CC1C2. The predicted octanol–water partition coefficient (Wildman–Crippen LogP) is 6.86. The van der Waals surface area contributed by atoms with E-state index in [0.717, 1.165) is 23.7 Å². The van der Waals surface area contributed by atoms with Crippen LogP contribution in [0, 0.1) is 23.7 Å². The van der Waals surface area contributed by atoms with Crippen molar-refractivity contribution < 1.29 is 0 Å². The van der Waals surface area contributed by atoms with Gasteiger partial charge in [-0.15, -0.1) is 0 Å². The molecule has 0 aliphatic heterocycles. The average molecular weight is 299 g/mol. The van der Waals surface area contributed by atoms with Gasteiger partial charge in [-0.25, -0.2) is 0 Å². The third kappa shape index (κ3) is 3.83. The van der Waals surface area contributed by atoms with Crippen LogP contribution in [0.3, 0.4) is 0 Å². The Bertz CT molecular complexity index is 508. The second-order valence-corrected chi connectivity index (χ2v) is 7.72. The molecule has 2 aliphatic carbocycles. The zero-order valence-electron chi connectivity index (χ0n) is 15.4. The molecule has 0 nitrogen and oxygen atoms in total. The highest BCUT2D eigenvalue weighted by Gasteiger charge is 2.37. The molecule has 0 radical (unpaired) electrons. The zero-order chi connectivity index (χ0) is 16.3. The van der Waals surface area contributed by atoms with Gasteiger partial charge in [0.2, 0.25) is 0 Å². The lowest BCUT2D eigenvalue weighted by Crippen LogP contribution is -2.32. The molecule has 4 atom stereocenters. The van der Waals surface area contributed by atoms with Crippen molar-refractivity contribution in [2.24, 2.45) is 23.7 Å². The van der Waals surface area contributed by atoms with E-state index >= 15 is 0 Å². The van der Waals surface area contributed by atoms with Crippen molar-refractivity contribution in [2.45, 2.75) is 67.2 Å². The molecule has 0 spiro atoms. The van der Waals surface area contributed by atoms with Crippen molar-refractivity contribution in [3.05, 3.63) is 46.6 Å². The van der Waals surface area contributed by atoms with E-state index in [1.54, 1.807) is 11.1 Å². The van der Waals surface area contributed by atoms with E-state index in [1.807, 2.05) is 0 Å². The monoisotopic (exact) mass is 298 g/mol. The number of hydrogen-bond donors (Lipinski definition) is 0. The number of rotatable bonds is 3.